The third-order valence-electron chi connectivity index (χ3n) is 3.72. The number of rotatable bonds is 12. The predicted molar refractivity (Wildman–Crippen MR) is 91.2 cm³/mol. The maximum Gasteiger partial charge on any atom is 0.500 e. The third kappa shape index (κ3) is 5.97. The molecule has 1 aromatic carbocycles. The number of nitro benzene ring substituents is 1. The maximum atomic E-state index is 11.1. The van der Waals surface area contributed by atoms with E-state index in [2.05, 4.69) is 11.8 Å². The molecule has 0 aliphatic carbocycles. The number of hydrogen-bond donors (Lipinski definition) is 1. The van der Waals surface area contributed by atoms with Crippen molar-refractivity contribution < 1.29 is 32.8 Å². The molecule has 1 N–H and O–H groups in total. The van der Waals surface area contributed by atoms with Crippen LogP contribution in [0.15, 0.2) is 12.1 Å². The minimum absolute atomic E-state index is 0. The third-order valence-corrected chi connectivity index (χ3v) is 6.56. The summed E-state index contributed by atoms with van der Waals surface area (Å²) in [5.74, 6) is -0.286. The molecule has 1 aromatic rings. The van der Waals surface area contributed by atoms with Crippen LogP contribution >= 0.6 is 0 Å². The zero-order valence-electron chi connectivity index (χ0n) is 15.4. The van der Waals surface area contributed by atoms with Crippen molar-refractivity contribution in [1.29, 1.82) is 0 Å². The van der Waals surface area contributed by atoms with Gasteiger partial charge in [-0.05, 0) is 18.9 Å². The average molecular weight is 641 g/mol. The van der Waals surface area contributed by atoms with Crippen LogP contribution in [0, 0.1) is 17.2 Å². The summed E-state index contributed by atoms with van der Waals surface area (Å²) in [6.45, 7) is 0.399. The number of unbranched alkanes of at least 4 members (excludes halogenated alkanes) is 1. The van der Waals surface area contributed by atoms with E-state index in [9.17, 15) is 15.2 Å². The Kier molecular flexibility index (Phi) is 9.85. The van der Waals surface area contributed by atoms with Gasteiger partial charge >= 0.3 is 8.80 Å². The smallest absolute Gasteiger partial charge is 0.500 e. The molecule has 0 aromatic heterocycles. The molecule has 0 heterocycles. The summed E-state index contributed by atoms with van der Waals surface area (Å²) >= 11 is 0. The molecule has 0 atom stereocenters. The van der Waals surface area contributed by atoms with Crippen LogP contribution in [0.3, 0.4) is 0 Å². The largest absolute Gasteiger partial charge is 0.663 e. The average Bonchev–Trinajstić information content (AvgIpc) is 2.61. The van der Waals surface area contributed by atoms with E-state index in [1.54, 1.807) is 21.3 Å². The van der Waals surface area contributed by atoms with Gasteiger partial charge in [-0.2, -0.15) is 7.11 Å². The summed E-state index contributed by atoms with van der Waals surface area (Å²) in [5.41, 5.74) is 0.0683. The molecule has 0 saturated heterocycles. The van der Waals surface area contributed by atoms with Crippen LogP contribution in [0.4, 0.5) is 5.69 Å². The Morgan fingerprint density at radius 1 is 1.19 bits per heavy atom. The molecule has 11 heteroatoms. The van der Waals surface area contributed by atoms with Gasteiger partial charge in [0.05, 0.1) is 23.2 Å². The van der Waals surface area contributed by atoms with Gasteiger partial charge in [0.25, 0.3) is 5.69 Å². The first kappa shape index (κ1) is 23.3. The van der Waals surface area contributed by atoms with Crippen molar-refractivity contribution in [2.24, 2.45) is 0 Å². The summed E-state index contributed by atoms with van der Waals surface area (Å²) in [4.78, 5) is 10.5. The summed E-state index contributed by atoms with van der Waals surface area (Å²) in [6, 6.07) is 3.02. The molecule has 26 heavy (non-hydrogen) atoms. The van der Waals surface area contributed by atoms with E-state index in [1.165, 1.54) is 6.07 Å². The Morgan fingerprint density at radius 2 is 1.81 bits per heavy atom. The molecule has 0 aliphatic rings. The van der Waals surface area contributed by atoms with E-state index in [1.807, 2.05) is 0 Å². The Bertz CT molecular complexity index is 563. The summed E-state index contributed by atoms with van der Waals surface area (Å²) in [6.07, 6.45) is 1.48. The van der Waals surface area contributed by atoms with Crippen molar-refractivity contribution in [3.05, 3.63) is 34.9 Å². The van der Waals surface area contributed by atoms with E-state index in [0.29, 0.717) is 19.1 Å². The zero-order chi connectivity index (χ0) is 18.9. The van der Waals surface area contributed by atoms with Crippen molar-refractivity contribution in [1.82, 2.24) is 0 Å². The minimum atomic E-state index is -2.58. The van der Waals surface area contributed by atoms with Gasteiger partial charge in [-0.3, -0.25) is 10.1 Å². The summed E-state index contributed by atoms with van der Waals surface area (Å²) < 4.78 is 26.1. The number of nitro groups is 1. The minimum Gasteiger partial charge on any atom is -0.663 e. The predicted octanol–water partition coefficient (Wildman–Crippen LogP) is 2.65. The van der Waals surface area contributed by atoms with Gasteiger partial charge in [0.15, 0.2) is 5.75 Å². The van der Waals surface area contributed by atoms with Gasteiger partial charge < -0.3 is 27.9 Å². The van der Waals surface area contributed by atoms with Gasteiger partial charge in [-0.15, -0.1) is 0 Å². The molecule has 0 amide bonds. The van der Waals surface area contributed by atoms with Crippen LogP contribution in [-0.4, -0.2) is 46.8 Å². The van der Waals surface area contributed by atoms with Gasteiger partial charge in [-0.1, -0.05) is 0 Å². The van der Waals surface area contributed by atoms with E-state index in [4.69, 9.17) is 18.0 Å². The van der Waals surface area contributed by atoms with Crippen LogP contribution in [0.2, 0.25) is 6.04 Å². The van der Waals surface area contributed by atoms with E-state index >= 15 is 0 Å². The van der Waals surface area contributed by atoms with Gasteiger partial charge in [-0.25, -0.2) is 0 Å². The van der Waals surface area contributed by atoms with Crippen molar-refractivity contribution in [3.63, 3.8) is 0 Å². The molecule has 0 spiro atoms. The van der Waals surface area contributed by atoms with Gasteiger partial charge in [0.2, 0.25) is 0 Å². The monoisotopic (exact) mass is 641 g/mol. The Morgan fingerprint density at radius 3 is 2.31 bits per heavy atom. The molecule has 144 valence electrons. The Balaban J connectivity index is 0.00000625. The standard InChI is InChI=1S/C15H24NO8Si.Rf/c1-20-15-10-13(16(18)19)12(9-14(15)17)11-24-7-5-6-8-25(21-2,22-3)23-4;/h9-10,17H,1,5-8,11H2,2-4H3;/q-1;. The van der Waals surface area contributed by atoms with Crippen LogP contribution < -0.4 is 4.74 Å². The molecular formula is C15H24NO8RfSi-. The molecule has 0 radical (unpaired) electrons. The molecule has 0 saturated carbocycles. The number of nitrogens with zero attached hydrogens (tertiary/aromatic N) is 1. The second-order valence-electron chi connectivity index (χ2n) is 5.16. The fourth-order valence-electron chi connectivity index (χ4n) is 2.29. The van der Waals surface area contributed by atoms with Crippen LogP contribution in [0.25, 0.3) is 0 Å². The molecule has 9 nitrogen and oxygen atoms in total. The number of hydrogen-bond acceptors (Lipinski definition) is 8. The zero-order valence-corrected chi connectivity index (χ0v) is 22.8. The first-order valence-electron chi connectivity index (χ1n) is 7.58. The van der Waals surface area contributed by atoms with Crippen molar-refractivity contribution >= 4 is 14.5 Å². The molecule has 0 aliphatic heterocycles. The van der Waals surface area contributed by atoms with Gasteiger partial charge in [0.1, 0.15) is 5.75 Å². The van der Waals surface area contributed by atoms with Crippen molar-refractivity contribution in [3.8, 4) is 11.5 Å². The van der Waals surface area contributed by atoms with Crippen LogP contribution in [0.5, 0.6) is 11.5 Å². The Labute approximate surface area is 147 Å². The molecule has 0 bridgehead atoms. The number of benzene rings is 1. The van der Waals surface area contributed by atoms with E-state index in [-0.39, 0.29) is 29.4 Å². The summed E-state index contributed by atoms with van der Waals surface area (Å²) in [7, 11) is 5.23. The van der Waals surface area contributed by atoms with Crippen LogP contribution in [0.1, 0.15) is 18.4 Å². The first-order chi connectivity index (χ1) is 11.9. The van der Waals surface area contributed by atoms with E-state index in [0.717, 1.165) is 12.5 Å². The second-order valence-corrected chi connectivity index (χ2v) is 8.25. The van der Waals surface area contributed by atoms with E-state index < -0.39 is 13.7 Å². The van der Waals surface area contributed by atoms with Crippen LogP contribution in [-0.2, 0) is 24.6 Å². The van der Waals surface area contributed by atoms with Gasteiger partial charge in [0, 0.05) is 34.0 Å². The SMILES string of the molecule is [CH2-]Oc1cc([N+](=O)[O-])c(COCCCC[Si](OC)(OC)OC)cc1O.[Rf]. The normalized spacial score (nSPS) is 11.1. The second kappa shape index (κ2) is 11.0. The fourth-order valence-corrected chi connectivity index (χ4v) is 4.08. The first-order valence-corrected chi connectivity index (χ1v) is 9.51. The molecule has 1 rings (SSSR count). The quantitative estimate of drug-likeness (QED) is 0.122. The number of phenols is 1. The molecule has 0 fully saturated rings. The molecular weight excluding hydrogens is 617 g/mol. The number of aromatic hydroxyl groups is 1. The molecule has 0 unspecified atom stereocenters. The van der Waals surface area contributed by atoms with Crippen molar-refractivity contribution in [2.75, 3.05) is 27.9 Å². The maximum absolute atomic E-state index is 11.1. The number of phenolic OH excluding ortho intramolecular Hbond substituents is 1. The topological polar surface area (TPSA) is 110 Å². The summed E-state index contributed by atoms with van der Waals surface area (Å²) in [5, 5.41) is 20.8. The number of ether oxygens (including phenoxy) is 2. The van der Waals surface area contributed by atoms with Crippen molar-refractivity contribution in [2.45, 2.75) is 25.5 Å². The Hall–Kier alpha value is -2.72. The fraction of sp³-hybridized carbons (Fsp3) is 0.533.